The van der Waals surface area contributed by atoms with Crippen LogP contribution in [0.3, 0.4) is 0 Å². The maximum Gasteiger partial charge on any atom is 0.0459 e. The van der Waals surface area contributed by atoms with Crippen molar-refractivity contribution in [3.8, 4) is 0 Å². The van der Waals surface area contributed by atoms with E-state index in [9.17, 15) is 0 Å². The first kappa shape index (κ1) is 11.1. The second-order valence-corrected chi connectivity index (χ2v) is 5.95. The fourth-order valence-electron chi connectivity index (χ4n) is 1.75. The molecule has 1 aromatic carbocycles. The Morgan fingerprint density at radius 1 is 1.14 bits per heavy atom. The van der Waals surface area contributed by atoms with Crippen molar-refractivity contribution >= 4 is 47.8 Å². The molecule has 0 amide bonds. The van der Waals surface area contributed by atoms with E-state index in [2.05, 4.69) is 65.2 Å². The molecular formula is C10H10Br3N. The highest BCUT2D eigenvalue weighted by Crippen LogP contribution is 2.35. The zero-order chi connectivity index (χ0) is 10.1. The molecule has 2 rings (SSSR count). The summed E-state index contributed by atoms with van der Waals surface area (Å²) in [5.41, 5.74) is 1.35. The molecule has 1 atom stereocenters. The Bertz CT molecular complexity index is 322. The molecule has 76 valence electrons. The lowest BCUT2D eigenvalue weighted by molar-refractivity contribution is 0.647. The molecule has 14 heavy (non-hydrogen) atoms. The van der Waals surface area contributed by atoms with Gasteiger partial charge in [-0.2, -0.15) is 0 Å². The van der Waals surface area contributed by atoms with E-state index in [1.54, 1.807) is 0 Å². The van der Waals surface area contributed by atoms with E-state index in [1.807, 2.05) is 0 Å². The Hall–Kier alpha value is 0.620. The molecule has 1 aromatic rings. The van der Waals surface area contributed by atoms with Crippen LogP contribution in [0.5, 0.6) is 0 Å². The van der Waals surface area contributed by atoms with Crippen LogP contribution in [-0.2, 0) is 0 Å². The van der Waals surface area contributed by atoms with E-state index < -0.39 is 0 Å². The van der Waals surface area contributed by atoms with Gasteiger partial charge in [-0.1, -0.05) is 0 Å². The summed E-state index contributed by atoms with van der Waals surface area (Å²) in [6, 6.07) is 4.88. The molecule has 0 saturated carbocycles. The fourth-order valence-corrected chi connectivity index (χ4v) is 3.20. The van der Waals surface area contributed by atoms with Crippen LogP contribution in [0.1, 0.15) is 24.4 Å². The standard InChI is InChI=1S/C10H10Br3N/c11-7-4-6(5-8(12)10(7)13)9-2-1-3-14-9/h4-5,9,14H,1-3H2/t9-/m0/s1. The second kappa shape index (κ2) is 4.64. The van der Waals surface area contributed by atoms with Crippen LogP contribution < -0.4 is 5.32 Å². The van der Waals surface area contributed by atoms with Crippen molar-refractivity contribution in [2.75, 3.05) is 6.54 Å². The number of hydrogen-bond acceptors (Lipinski definition) is 1. The Labute approximate surface area is 109 Å². The van der Waals surface area contributed by atoms with Gasteiger partial charge in [-0.25, -0.2) is 0 Å². The molecule has 0 spiro atoms. The van der Waals surface area contributed by atoms with Gasteiger partial charge in [-0.3, -0.25) is 0 Å². The Kier molecular flexibility index (Phi) is 3.68. The summed E-state index contributed by atoms with van der Waals surface area (Å²) in [5, 5.41) is 3.49. The minimum atomic E-state index is 0.524. The van der Waals surface area contributed by atoms with Gasteiger partial charge < -0.3 is 5.32 Å². The van der Waals surface area contributed by atoms with E-state index in [4.69, 9.17) is 0 Å². The predicted molar refractivity (Wildman–Crippen MR) is 69.5 cm³/mol. The van der Waals surface area contributed by atoms with Gasteiger partial charge in [-0.05, 0) is 84.9 Å². The minimum absolute atomic E-state index is 0.524. The van der Waals surface area contributed by atoms with E-state index >= 15 is 0 Å². The molecule has 0 bridgehead atoms. The van der Waals surface area contributed by atoms with Gasteiger partial charge in [0.2, 0.25) is 0 Å². The molecule has 1 N–H and O–H groups in total. The Balaban J connectivity index is 2.34. The lowest BCUT2D eigenvalue weighted by Crippen LogP contribution is -2.12. The highest BCUT2D eigenvalue weighted by Gasteiger charge is 2.17. The van der Waals surface area contributed by atoms with E-state index in [0.717, 1.165) is 20.0 Å². The summed E-state index contributed by atoms with van der Waals surface area (Å²) >= 11 is 10.6. The molecule has 0 radical (unpaired) electrons. The van der Waals surface area contributed by atoms with Crippen molar-refractivity contribution in [2.24, 2.45) is 0 Å². The zero-order valence-electron chi connectivity index (χ0n) is 7.49. The van der Waals surface area contributed by atoms with Crippen LogP contribution in [-0.4, -0.2) is 6.54 Å². The third kappa shape index (κ3) is 2.23. The monoisotopic (exact) mass is 381 g/mol. The third-order valence-corrected chi connectivity index (χ3v) is 5.64. The van der Waals surface area contributed by atoms with Crippen LogP contribution >= 0.6 is 47.8 Å². The maximum atomic E-state index is 3.54. The smallest absolute Gasteiger partial charge is 0.0459 e. The van der Waals surface area contributed by atoms with Crippen molar-refractivity contribution in [1.29, 1.82) is 0 Å². The summed E-state index contributed by atoms with van der Waals surface area (Å²) in [6.07, 6.45) is 2.51. The predicted octanol–water partition coefficient (Wildman–Crippen LogP) is 4.40. The average Bonchev–Trinajstić information content (AvgIpc) is 2.66. The van der Waals surface area contributed by atoms with E-state index in [1.165, 1.54) is 18.4 Å². The topological polar surface area (TPSA) is 12.0 Å². The summed E-state index contributed by atoms with van der Waals surface area (Å²) in [5.74, 6) is 0. The third-order valence-electron chi connectivity index (χ3n) is 2.47. The molecule has 1 fully saturated rings. The maximum absolute atomic E-state index is 3.54. The molecule has 1 saturated heterocycles. The van der Waals surface area contributed by atoms with E-state index in [0.29, 0.717) is 6.04 Å². The van der Waals surface area contributed by atoms with E-state index in [-0.39, 0.29) is 0 Å². The lowest BCUT2D eigenvalue weighted by atomic mass is 10.1. The first-order valence-corrected chi connectivity index (χ1v) is 6.94. The lowest BCUT2D eigenvalue weighted by Gasteiger charge is -2.12. The van der Waals surface area contributed by atoms with Crippen molar-refractivity contribution in [2.45, 2.75) is 18.9 Å². The molecule has 1 aliphatic heterocycles. The van der Waals surface area contributed by atoms with Crippen molar-refractivity contribution in [1.82, 2.24) is 5.32 Å². The summed E-state index contributed by atoms with van der Waals surface area (Å²) in [6.45, 7) is 1.13. The first-order chi connectivity index (χ1) is 6.68. The molecular weight excluding hydrogens is 374 g/mol. The van der Waals surface area contributed by atoms with Crippen molar-refractivity contribution in [3.05, 3.63) is 31.1 Å². The highest BCUT2D eigenvalue weighted by atomic mass is 79.9. The van der Waals surface area contributed by atoms with Crippen LogP contribution in [0.25, 0.3) is 0 Å². The number of rotatable bonds is 1. The Morgan fingerprint density at radius 3 is 2.29 bits per heavy atom. The van der Waals surface area contributed by atoms with Gasteiger partial charge in [0, 0.05) is 19.5 Å². The molecule has 4 heteroatoms. The van der Waals surface area contributed by atoms with Crippen LogP contribution in [0, 0.1) is 0 Å². The van der Waals surface area contributed by atoms with Gasteiger partial charge in [0.1, 0.15) is 0 Å². The fraction of sp³-hybridized carbons (Fsp3) is 0.400. The zero-order valence-corrected chi connectivity index (χ0v) is 12.2. The van der Waals surface area contributed by atoms with Gasteiger partial charge in [-0.15, -0.1) is 0 Å². The number of nitrogens with one attached hydrogen (secondary N) is 1. The Morgan fingerprint density at radius 2 is 1.79 bits per heavy atom. The summed E-state index contributed by atoms with van der Waals surface area (Å²) in [7, 11) is 0. The average molecular weight is 384 g/mol. The quantitative estimate of drug-likeness (QED) is 0.709. The van der Waals surface area contributed by atoms with Gasteiger partial charge >= 0.3 is 0 Å². The molecule has 0 unspecified atom stereocenters. The normalized spacial score (nSPS) is 21.5. The highest BCUT2D eigenvalue weighted by molar-refractivity contribution is 9.14. The molecule has 1 nitrogen and oxygen atoms in total. The van der Waals surface area contributed by atoms with Crippen LogP contribution in [0.15, 0.2) is 25.6 Å². The molecule has 1 heterocycles. The summed E-state index contributed by atoms with van der Waals surface area (Å²) in [4.78, 5) is 0. The second-order valence-electron chi connectivity index (χ2n) is 3.45. The number of benzene rings is 1. The van der Waals surface area contributed by atoms with Crippen molar-refractivity contribution in [3.63, 3.8) is 0 Å². The van der Waals surface area contributed by atoms with Crippen molar-refractivity contribution < 1.29 is 0 Å². The van der Waals surface area contributed by atoms with Gasteiger partial charge in [0.25, 0.3) is 0 Å². The molecule has 1 aliphatic rings. The van der Waals surface area contributed by atoms with Crippen LogP contribution in [0.4, 0.5) is 0 Å². The largest absolute Gasteiger partial charge is 0.310 e. The minimum Gasteiger partial charge on any atom is -0.310 e. The molecule has 0 aromatic heterocycles. The van der Waals surface area contributed by atoms with Gasteiger partial charge in [0.15, 0.2) is 0 Å². The van der Waals surface area contributed by atoms with Crippen LogP contribution in [0.2, 0.25) is 0 Å². The molecule has 0 aliphatic carbocycles. The number of halogens is 3. The van der Waals surface area contributed by atoms with Gasteiger partial charge in [0.05, 0.1) is 0 Å². The SMILES string of the molecule is Brc1cc([C@@H]2CCCN2)cc(Br)c1Br. The number of hydrogen-bond donors (Lipinski definition) is 1. The first-order valence-electron chi connectivity index (χ1n) is 4.56. The summed E-state index contributed by atoms with van der Waals surface area (Å²) < 4.78 is 3.30.